The summed E-state index contributed by atoms with van der Waals surface area (Å²) in [5, 5.41) is 2.71. The molecule has 104 valence electrons. The standard InChI is InChI=1S/C14H13BrN2O3/c1-19-10-3-4-11(12(8-10)20-2)14(18)17-13-7-9(15)5-6-16-13/h3-8H,1-2H3,(H,16,17,18). The van der Waals surface area contributed by atoms with Gasteiger partial charge >= 0.3 is 0 Å². The summed E-state index contributed by atoms with van der Waals surface area (Å²) >= 11 is 3.32. The third-order valence-corrected chi connectivity index (χ3v) is 3.11. The molecule has 0 aliphatic carbocycles. The van der Waals surface area contributed by atoms with Crippen LogP contribution in [0.5, 0.6) is 11.5 Å². The Morgan fingerprint density at radius 2 is 2.00 bits per heavy atom. The highest BCUT2D eigenvalue weighted by atomic mass is 79.9. The first-order valence-corrected chi connectivity index (χ1v) is 6.58. The minimum atomic E-state index is -0.296. The molecule has 0 fully saturated rings. The third kappa shape index (κ3) is 3.27. The molecule has 2 rings (SSSR count). The van der Waals surface area contributed by atoms with Gasteiger partial charge in [0.15, 0.2) is 0 Å². The molecule has 0 spiro atoms. The Bertz CT molecular complexity index is 632. The highest BCUT2D eigenvalue weighted by molar-refractivity contribution is 9.10. The van der Waals surface area contributed by atoms with Gasteiger partial charge in [0.25, 0.3) is 5.91 Å². The summed E-state index contributed by atoms with van der Waals surface area (Å²) < 4.78 is 11.1. The zero-order valence-corrected chi connectivity index (χ0v) is 12.6. The predicted molar refractivity (Wildman–Crippen MR) is 79.4 cm³/mol. The van der Waals surface area contributed by atoms with Crippen molar-refractivity contribution >= 4 is 27.7 Å². The van der Waals surface area contributed by atoms with E-state index in [9.17, 15) is 4.79 Å². The van der Waals surface area contributed by atoms with Gasteiger partial charge in [0, 0.05) is 16.7 Å². The number of hydrogen-bond donors (Lipinski definition) is 1. The van der Waals surface area contributed by atoms with Gasteiger partial charge in [-0.1, -0.05) is 15.9 Å². The third-order valence-electron chi connectivity index (χ3n) is 2.62. The van der Waals surface area contributed by atoms with Gasteiger partial charge in [-0.05, 0) is 24.3 Å². The Hall–Kier alpha value is -2.08. The highest BCUT2D eigenvalue weighted by Gasteiger charge is 2.14. The maximum absolute atomic E-state index is 12.2. The second-order valence-electron chi connectivity index (χ2n) is 3.88. The Morgan fingerprint density at radius 3 is 2.65 bits per heavy atom. The lowest BCUT2D eigenvalue weighted by atomic mass is 10.1. The molecule has 1 aromatic carbocycles. The maximum atomic E-state index is 12.2. The normalized spacial score (nSPS) is 9.95. The van der Waals surface area contributed by atoms with Gasteiger partial charge in [0.1, 0.15) is 17.3 Å². The fraction of sp³-hybridized carbons (Fsp3) is 0.143. The lowest BCUT2D eigenvalue weighted by Gasteiger charge is -2.10. The number of carbonyl (C=O) groups excluding carboxylic acids is 1. The molecule has 1 amide bonds. The molecule has 0 unspecified atom stereocenters. The van der Waals surface area contributed by atoms with Crippen LogP contribution in [0.4, 0.5) is 5.82 Å². The van der Waals surface area contributed by atoms with E-state index in [4.69, 9.17) is 9.47 Å². The number of nitrogens with zero attached hydrogens (tertiary/aromatic N) is 1. The molecular formula is C14H13BrN2O3. The van der Waals surface area contributed by atoms with Crippen LogP contribution in [0.3, 0.4) is 0 Å². The monoisotopic (exact) mass is 336 g/mol. The second-order valence-corrected chi connectivity index (χ2v) is 4.80. The molecule has 5 nitrogen and oxygen atoms in total. The van der Waals surface area contributed by atoms with Gasteiger partial charge in [0.05, 0.1) is 19.8 Å². The van der Waals surface area contributed by atoms with E-state index in [1.54, 1.807) is 43.6 Å². The first kappa shape index (κ1) is 14.3. The summed E-state index contributed by atoms with van der Waals surface area (Å²) in [6.07, 6.45) is 1.60. The van der Waals surface area contributed by atoms with Crippen LogP contribution in [0.2, 0.25) is 0 Å². The van der Waals surface area contributed by atoms with Gasteiger partial charge in [-0.15, -0.1) is 0 Å². The van der Waals surface area contributed by atoms with Crippen molar-refractivity contribution in [3.8, 4) is 11.5 Å². The van der Waals surface area contributed by atoms with Crippen LogP contribution in [0, 0.1) is 0 Å². The summed E-state index contributed by atoms with van der Waals surface area (Å²) in [7, 11) is 3.06. The minimum Gasteiger partial charge on any atom is -0.497 e. The molecule has 0 bridgehead atoms. The zero-order chi connectivity index (χ0) is 14.5. The van der Waals surface area contributed by atoms with Gasteiger partial charge < -0.3 is 14.8 Å². The number of hydrogen-bond acceptors (Lipinski definition) is 4. The van der Waals surface area contributed by atoms with E-state index in [0.717, 1.165) is 4.47 Å². The smallest absolute Gasteiger partial charge is 0.260 e. The topological polar surface area (TPSA) is 60.5 Å². The van der Waals surface area contributed by atoms with Crippen LogP contribution in [0.15, 0.2) is 41.0 Å². The van der Waals surface area contributed by atoms with Crippen molar-refractivity contribution in [3.63, 3.8) is 0 Å². The van der Waals surface area contributed by atoms with Crippen LogP contribution in [0.25, 0.3) is 0 Å². The molecule has 1 aromatic heterocycles. The number of methoxy groups -OCH3 is 2. The largest absolute Gasteiger partial charge is 0.497 e. The highest BCUT2D eigenvalue weighted by Crippen LogP contribution is 2.25. The number of nitrogens with one attached hydrogen (secondary N) is 1. The van der Waals surface area contributed by atoms with Crippen LogP contribution in [-0.4, -0.2) is 25.1 Å². The lowest BCUT2D eigenvalue weighted by molar-refractivity contribution is 0.102. The van der Waals surface area contributed by atoms with E-state index in [1.165, 1.54) is 7.11 Å². The summed E-state index contributed by atoms with van der Waals surface area (Å²) in [6, 6.07) is 8.50. The summed E-state index contributed by atoms with van der Waals surface area (Å²) in [4.78, 5) is 16.3. The van der Waals surface area contributed by atoms with E-state index in [2.05, 4.69) is 26.2 Å². The van der Waals surface area contributed by atoms with Crippen LogP contribution < -0.4 is 14.8 Å². The van der Waals surface area contributed by atoms with E-state index in [-0.39, 0.29) is 5.91 Å². The van der Waals surface area contributed by atoms with E-state index < -0.39 is 0 Å². The van der Waals surface area contributed by atoms with Crippen molar-refractivity contribution in [2.75, 3.05) is 19.5 Å². The molecular weight excluding hydrogens is 324 g/mol. The van der Waals surface area contributed by atoms with Gasteiger partial charge in [0.2, 0.25) is 0 Å². The van der Waals surface area contributed by atoms with Gasteiger partial charge in [-0.3, -0.25) is 4.79 Å². The minimum absolute atomic E-state index is 0.296. The van der Waals surface area contributed by atoms with E-state index in [0.29, 0.717) is 22.9 Å². The van der Waals surface area contributed by atoms with Crippen molar-refractivity contribution in [3.05, 3.63) is 46.6 Å². The first-order chi connectivity index (χ1) is 9.63. The average Bonchev–Trinajstić information content (AvgIpc) is 2.46. The number of anilines is 1. The molecule has 6 heteroatoms. The molecule has 0 saturated carbocycles. The lowest BCUT2D eigenvalue weighted by Crippen LogP contribution is -2.14. The second kappa shape index (κ2) is 6.38. The molecule has 1 N–H and O–H groups in total. The Labute approximate surface area is 125 Å². The molecule has 0 saturated heterocycles. The van der Waals surface area contributed by atoms with Gasteiger partial charge in [-0.2, -0.15) is 0 Å². The Kier molecular flexibility index (Phi) is 4.57. The molecule has 1 heterocycles. The fourth-order valence-corrected chi connectivity index (χ4v) is 1.98. The Balaban J connectivity index is 2.25. The van der Waals surface area contributed by atoms with Crippen molar-refractivity contribution in [1.82, 2.24) is 4.98 Å². The summed E-state index contributed by atoms with van der Waals surface area (Å²) in [5.41, 5.74) is 0.412. The summed E-state index contributed by atoms with van der Waals surface area (Å²) in [6.45, 7) is 0. The number of halogens is 1. The maximum Gasteiger partial charge on any atom is 0.260 e. The molecule has 0 radical (unpaired) electrons. The predicted octanol–water partition coefficient (Wildman–Crippen LogP) is 3.11. The first-order valence-electron chi connectivity index (χ1n) is 5.79. The Morgan fingerprint density at radius 1 is 1.20 bits per heavy atom. The van der Waals surface area contributed by atoms with E-state index in [1.807, 2.05) is 0 Å². The number of carbonyl (C=O) groups is 1. The number of benzene rings is 1. The molecule has 0 atom stereocenters. The summed E-state index contributed by atoms with van der Waals surface area (Å²) in [5.74, 6) is 1.23. The fourth-order valence-electron chi connectivity index (χ4n) is 1.64. The number of amides is 1. The zero-order valence-electron chi connectivity index (χ0n) is 11.0. The molecule has 0 aliphatic rings. The quantitative estimate of drug-likeness (QED) is 0.931. The van der Waals surface area contributed by atoms with Crippen molar-refractivity contribution in [2.24, 2.45) is 0 Å². The van der Waals surface area contributed by atoms with Crippen molar-refractivity contribution in [1.29, 1.82) is 0 Å². The SMILES string of the molecule is COc1ccc(C(=O)Nc2cc(Br)ccn2)c(OC)c1. The number of aromatic nitrogens is 1. The van der Waals surface area contributed by atoms with Crippen LogP contribution >= 0.6 is 15.9 Å². The average molecular weight is 337 g/mol. The van der Waals surface area contributed by atoms with E-state index >= 15 is 0 Å². The van der Waals surface area contributed by atoms with Crippen LogP contribution in [0.1, 0.15) is 10.4 Å². The number of pyridine rings is 1. The molecule has 0 aliphatic heterocycles. The number of ether oxygens (including phenoxy) is 2. The van der Waals surface area contributed by atoms with Crippen molar-refractivity contribution < 1.29 is 14.3 Å². The van der Waals surface area contributed by atoms with Gasteiger partial charge in [-0.25, -0.2) is 4.98 Å². The van der Waals surface area contributed by atoms with Crippen LogP contribution in [-0.2, 0) is 0 Å². The molecule has 20 heavy (non-hydrogen) atoms. The molecule has 2 aromatic rings. The van der Waals surface area contributed by atoms with Crippen molar-refractivity contribution in [2.45, 2.75) is 0 Å². The number of rotatable bonds is 4.